The molecule has 0 saturated carbocycles. The van der Waals surface area contributed by atoms with Gasteiger partial charge in [0.25, 0.3) is 0 Å². The molecule has 1 aromatic rings. The number of anilines is 1. The molecule has 1 aromatic carbocycles. The van der Waals surface area contributed by atoms with Gasteiger partial charge < -0.3 is 20.5 Å². The normalized spacial score (nSPS) is 28.0. The molecule has 3 N–H and O–H groups in total. The number of rotatable bonds is 0. The summed E-state index contributed by atoms with van der Waals surface area (Å²) in [5.74, 6) is 0.922. The first-order chi connectivity index (χ1) is 10.7. The predicted molar refractivity (Wildman–Crippen MR) is 86.0 cm³/mol. The molecular weight excluding hydrogens is 280 g/mol. The second kappa shape index (κ2) is 5.53. The summed E-state index contributed by atoms with van der Waals surface area (Å²) < 4.78 is 5.99. The van der Waals surface area contributed by atoms with Gasteiger partial charge in [-0.1, -0.05) is 0 Å². The van der Waals surface area contributed by atoms with Crippen molar-refractivity contribution < 1.29 is 9.84 Å². The summed E-state index contributed by atoms with van der Waals surface area (Å²) in [6.45, 7) is 6.57. The number of fused-ring (bicyclic) bond motifs is 3. The monoisotopic (exact) mass is 302 g/mol. The summed E-state index contributed by atoms with van der Waals surface area (Å²) in [7, 11) is 0. The molecule has 0 aliphatic carbocycles. The van der Waals surface area contributed by atoms with E-state index in [2.05, 4.69) is 26.6 Å². The quantitative estimate of drug-likeness (QED) is 0.669. The molecule has 3 heterocycles. The summed E-state index contributed by atoms with van der Waals surface area (Å²) in [6.07, 6.45) is 0.343. The standard InChI is InChI=1S/C16H22N4O2/c1-10-16(21)19-13-6-11-9-20-4-3-17-8-12(20)2-5-22-15(11)7-14(13)18-10/h6-7,12,16-17,19,21H,2-5,8-9H2,1H3/t12-,16?/m0/s1. The summed E-state index contributed by atoms with van der Waals surface area (Å²) in [6, 6.07) is 4.61. The highest BCUT2D eigenvalue weighted by atomic mass is 16.5. The van der Waals surface area contributed by atoms with Gasteiger partial charge in [0.2, 0.25) is 0 Å². The van der Waals surface area contributed by atoms with Gasteiger partial charge in [-0.25, -0.2) is 0 Å². The van der Waals surface area contributed by atoms with Gasteiger partial charge in [-0.2, -0.15) is 0 Å². The molecule has 22 heavy (non-hydrogen) atoms. The molecule has 1 unspecified atom stereocenters. The maximum atomic E-state index is 9.92. The summed E-state index contributed by atoms with van der Waals surface area (Å²) >= 11 is 0. The van der Waals surface area contributed by atoms with Gasteiger partial charge in [0, 0.05) is 43.9 Å². The molecule has 0 radical (unpaired) electrons. The van der Waals surface area contributed by atoms with Crippen molar-refractivity contribution in [3.63, 3.8) is 0 Å². The first-order valence-corrected chi connectivity index (χ1v) is 7.95. The van der Waals surface area contributed by atoms with E-state index < -0.39 is 6.23 Å². The van der Waals surface area contributed by atoms with Crippen molar-refractivity contribution in [2.75, 3.05) is 31.6 Å². The van der Waals surface area contributed by atoms with Crippen LogP contribution in [-0.2, 0) is 6.54 Å². The van der Waals surface area contributed by atoms with Crippen LogP contribution in [0.5, 0.6) is 5.75 Å². The van der Waals surface area contributed by atoms with E-state index in [1.54, 1.807) is 0 Å². The van der Waals surface area contributed by atoms with Crippen LogP contribution in [0.1, 0.15) is 18.9 Å². The Balaban J connectivity index is 1.69. The van der Waals surface area contributed by atoms with Crippen molar-refractivity contribution in [3.8, 4) is 5.75 Å². The number of hydrogen-bond acceptors (Lipinski definition) is 6. The largest absolute Gasteiger partial charge is 0.493 e. The zero-order chi connectivity index (χ0) is 15.1. The number of piperazine rings is 1. The third-order valence-corrected chi connectivity index (χ3v) is 4.72. The second-order valence-corrected chi connectivity index (χ2v) is 6.24. The van der Waals surface area contributed by atoms with Crippen LogP contribution in [0.3, 0.4) is 0 Å². The first-order valence-electron chi connectivity index (χ1n) is 7.95. The Morgan fingerprint density at radius 1 is 1.41 bits per heavy atom. The van der Waals surface area contributed by atoms with E-state index in [9.17, 15) is 5.11 Å². The Labute approximate surface area is 130 Å². The fourth-order valence-electron chi connectivity index (χ4n) is 3.40. The molecule has 0 amide bonds. The highest BCUT2D eigenvalue weighted by Gasteiger charge is 2.27. The molecule has 1 fully saturated rings. The second-order valence-electron chi connectivity index (χ2n) is 6.24. The molecule has 3 aliphatic heterocycles. The minimum absolute atomic E-state index is 0.539. The zero-order valence-corrected chi connectivity index (χ0v) is 12.8. The van der Waals surface area contributed by atoms with Crippen molar-refractivity contribution in [2.24, 2.45) is 4.99 Å². The van der Waals surface area contributed by atoms with Gasteiger partial charge >= 0.3 is 0 Å². The van der Waals surface area contributed by atoms with Gasteiger partial charge in [-0.3, -0.25) is 9.89 Å². The Morgan fingerprint density at radius 3 is 3.23 bits per heavy atom. The summed E-state index contributed by atoms with van der Waals surface area (Å²) in [4.78, 5) is 7.00. The van der Waals surface area contributed by atoms with Crippen LogP contribution < -0.4 is 15.4 Å². The molecule has 4 rings (SSSR count). The number of hydrogen-bond donors (Lipinski definition) is 3. The highest BCUT2D eigenvalue weighted by Crippen LogP contribution is 2.37. The van der Waals surface area contributed by atoms with E-state index in [1.165, 1.54) is 5.56 Å². The maximum Gasteiger partial charge on any atom is 0.163 e. The maximum absolute atomic E-state index is 9.92. The number of aliphatic hydroxyl groups excluding tert-OH is 1. The highest BCUT2D eigenvalue weighted by molar-refractivity contribution is 5.95. The van der Waals surface area contributed by atoms with Crippen molar-refractivity contribution in [1.82, 2.24) is 10.2 Å². The lowest BCUT2D eigenvalue weighted by molar-refractivity contribution is 0.115. The molecule has 3 aliphatic rings. The average Bonchev–Trinajstić information content (AvgIpc) is 2.49. The fraction of sp³-hybridized carbons (Fsp3) is 0.562. The van der Waals surface area contributed by atoms with Crippen LogP contribution >= 0.6 is 0 Å². The van der Waals surface area contributed by atoms with Gasteiger partial charge in [0.05, 0.1) is 23.7 Å². The Kier molecular flexibility index (Phi) is 3.52. The van der Waals surface area contributed by atoms with E-state index in [0.29, 0.717) is 11.8 Å². The molecule has 6 heteroatoms. The van der Waals surface area contributed by atoms with Gasteiger partial charge in [0.15, 0.2) is 6.23 Å². The number of nitrogens with one attached hydrogen (secondary N) is 2. The van der Waals surface area contributed by atoms with Crippen LogP contribution in [0, 0.1) is 0 Å². The number of aliphatic imine (C=N–C) groups is 1. The van der Waals surface area contributed by atoms with Crippen molar-refractivity contribution >= 4 is 17.1 Å². The van der Waals surface area contributed by atoms with Crippen molar-refractivity contribution in [2.45, 2.75) is 32.2 Å². The fourth-order valence-corrected chi connectivity index (χ4v) is 3.40. The summed E-state index contributed by atoms with van der Waals surface area (Å²) in [5, 5.41) is 16.5. The molecule has 0 bridgehead atoms. The van der Waals surface area contributed by atoms with Gasteiger partial charge in [-0.05, 0) is 19.4 Å². The number of benzene rings is 1. The molecule has 6 nitrogen and oxygen atoms in total. The van der Waals surface area contributed by atoms with Crippen LogP contribution in [0.2, 0.25) is 0 Å². The van der Waals surface area contributed by atoms with Gasteiger partial charge in [0.1, 0.15) is 5.75 Å². The minimum Gasteiger partial charge on any atom is -0.493 e. The molecule has 1 saturated heterocycles. The lowest BCUT2D eigenvalue weighted by Crippen LogP contribution is -2.51. The number of ether oxygens (including phenoxy) is 1. The van der Waals surface area contributed by atoms with E-state index in [1.807, 2.05) is 13.0 Å². The van der Waals surface area contributed by atoms with E-state index in [0.717, 1.165) is 56.3 Å². The number of aliphatic hydroxyl groups is 1. The van der Waals surface area contributed by atoms with E-state index in [-0.39, 0.29) is 0 Å². The average molecular weight is 302 g/mol. The predicted octanol–water partition coefficient (Wildman–Crippen LogP) is 1.08. The van der Waals surface area contributed by atoms with E-state index in [4.69, 9.17) is 4.74 Å². The van der Waals surface area contributed by atoms with Crippen LogP contribution in [0.25, 0.3) is 0 Å². The van der Waals surface area contributed by atoms with Crippen molar-refractivity contribution in [1.29, 1.82) is 0 Å². The third-order valence-electron chi connectivity index (χ3n) is 4.72. The third kappa shape index (κ3) is 2.47. The molecular formula is C16H22N4O2. The summed E-state index contributed by atoms with van der Waals surface area (Å²) in [5.41, 5.74) is 3.58. The lowest BCUT2D eigenvalue weighted by atomic mass is 10.0. The zero-order valence-electron chi connectivity index (χ0n) is 12.8. The minimum atomic E-state index is -0.702. The Morgan fingerprint density at radius 2 is 2.32 bits per heavy atom. The molecule has 0 spiro atoms. The SMILES string of the molecule is CC1=Nc2cc3c(cc2NC1O)CN1CCNC[C@@H]1CCO3. The molecule has 118 valence electrons. The topological polar surface area (TPSA) is 69.1 Å². The van der Waals surface area contributed by atoms with Gasteiger partial charge in [-0.15, -0.1) is 0 Å². The lowest BCUT2D eigenvalue weighted by Gasteiger charge is -2.38. The van der Waals surface area contributed by atoms with Crippen LogP contribution in [-0.4, -0.2) is 54.2 Å². The Bertz CT molecular complexity index is 616. The van der Waals surface area contributed by atoms with Crippen molar-refractivity contribution in [3.05, 3.63) is 17.7 Å². The van der Waals surface area contributed by atoms with E-state index >= 15 is 0 Å². The Hall–Kier alpha value is -1.63. The molecule has 2 atom stereocenters. The number of nitrogens with zero attached hydrogens (tertiary/aromatic N) is 2. The van der Waals surface area contributed by atoms with Crippen LogP contribution in [0.15, 0.2) is 17.1 Å². The first kappa shape index (κ1) is 14.0. The smallest absolute Gasteiger partial charge is 0.163 e. The van der Waals surface area contributed by atoms with Crippen LogP contribution in [0.4, 0.5) is 11.4 Å². The molecule has 0 aromatic heterocycles.